The molecule has 1 aromatic heterocycles. The van der Waals surface area contributed by atoms with Crippen molar-refractivity contribution in [3.8, 4) is 0 Å². The number of aliphatic carboxylic acids is 1. The Kier molecular flexibility index (Phi) is 11.8. The zero-order chi connectivity index (χ0) is 33.1. The van der Waals surface area contributed by atoms with Crippen molar-refractivity contribution in [1.82, 2.24) is 14.9 Å². The lowest BCUT2D eigenvalue weighted by molar-refractivity contribution is -0.264. The summed E-state index contributed by atoms with van der Waals surface area (Å²) in [4.78, 5) is 67.5. The van der Waals surface area contributed by atoms with Gasteiger partial charge in [0, 0.05) is 19.2 Å². The van der Waals surface area contributed by atoms with E-state index in [2.05, 4.69) is 9.63 Å². The van der Waals surface area contributed by atoms with E-state index in [0.717, 1.165) is 26.1 Å². The quantitative estimate of drug-likeness (QED) is 0.0893. The SMILES string of the molecule is CC(=O)N[C@@H]1[C@@H](OC(C)C(=O)O)[C@H](OP(=O)(OC[C@H]2O[C@@H](n3ccc(=O)[nH]c3=O)[C@H](O)[C@@H]2O)OP(=O)(O)O)[C@@H](CO)O[C@@H]1O. The van der Waals surface area contributed by atoms with Crippen LogP contribution in [-0.4, -0.2) is 125 Å². The van der Waals surface area contributed by atoms with Crippen LogP contribution in [0.15, 0.2) is 21.9 Å². The van der Waals surface area contributed by atoms with Crippen molar-refractivity contribution in [1.29, 1.82) is 0 Å². The number of nitrogens with one attached hydrogen (secondary N) is 2. The Hall–Kier alpha value is -2.40. The van der Waals surface area contributed by atoms with Crippen molar-refractivity contribution >= 4 is 27.5 Å². The van der Waals surface area contributed by atoms with Gasteiger partial charge in [0.05, 0.1) is 13.2 Å². The maximum atomic E-state index is 13.6. The van der Waals surface area contributed by atoms with E-state index in [1.54, 1.807) is 0 Å². The average Bonchev–Trinajstić information content (AvgIpc) is 3.18. The standard InChI is InChI=1S/C20H31N3O19P2/c1-7(18(29)30)38-16-12(21-8(2)25)19(31)40-9(5-24)15(16)41-44(36,42-43(33,34)35)37-6-10-13(27)14(28)17(39-10)23-4-3-11(26)22-20(23)32/h3-4,7,9-10,12-17,19,24,27-28,31H,5-6H2,1-2H3,(H,21,25)(H,29,30)(H,22,26,32)(H2,33,34,35)/t7?,9-,10-,12-,13-,14-,15-,16-,17-,19+,44?/m1/s1. The molecule has 1 aromatic rings. The summed E-state index contributed by atoms with van der Waals surface area (Å²) in [7, 11) is -11.4. The molecule has 2 saturated heterocycles. The Labute approximate surface area is 245 Å². The highest BCUT2D eigenvalue weighted by molar-refractivity contribution is 7.61. The molecule has 0 aromatic carbocycles. The number of phosphoric ester groups is 1. The minimum Gasteiger partial charge on any atom is -0.479 e. The van der Waals surface area contributed by atoms with Crippen LogP contribution < -0.4 is 16.6 Å². The molecule has 0 aliphatic carbocycles. The molecule has 0 spiro atoms. The van der Waals surface area contributed by atoms with Crippen LogP contribution in [0.2, 0.25) is 0 Å². The highest BCUT2D eigenvalue weighted by atomic mass is 31.3. The molecule has 1 amide bonds. The van der Waals surface area contributed by atoms with Gasteiger partial charge in [-0.3, -0.25) is 28.2 Å². The molecule has 3 rings (SSSR count). The number of aromatic amines is 1. The summed E-state index contributed by atoms with van der Waals surface area (Å²) in [6, 6.07) is -0.764. The molecule has 2 unspecified atom stereocenters. The van der Waals surface area contributed by atoms with Crippen molar-refractivity contribution in [3.63, 3.8) is 0 Å². The molecule has 44 heavy (non-hydrogen) atoms. The van der Waals surface area contributed by atoms with Crippen LogP contribution in [0.3, 0.4) is 0 Å². The van der Waals surface area contributed by atoms with E-state index in [9.17, 15) is 63.6 Å². The second-order valence-corrected chi connectivity index (χ2v) is 12.5. The molecule has 2 fully saturated rings. The van der Waals surface area contributed by atoms with Gasteiger partial charge in [-0.1, -0.05) is 0 Å². The van der Waals surface area contributed by atoms with E-state index in [1.807, 2.05) is 4.98 Å². The highest BCUT2D eigenvalue weighted by Gasteiger charge is 2.53. The molecule has 2 aliphatic heterocycles. The van der Waals surface area contributed by atoms with Crippen LogP contribution in [0.25, 0.3) is 0 Å². The lowest BCUT2D eigenvalue weighted by atomic mass is 9.96. The smallest absolute Gasteiger partial charge is 0.479 e. The minimum atomic E-state index is -5.76. The number of phosphoric acid groups is 2. The summed E-state index contributed by atoms with van der Waals surface area (Å²) < 4.78 is 56.4. The maximum absolute atomic E-state index is 13.6. The third-order valence-electron chi connectivity index (χ3n) is 6.24. The normalized spacial score (nSPS) is 33.0. The van der Waals surface area contributed by atoms with Crippen LogP contribution >= 0.6 is 15.6 Å². The lowest BCUT2D eigenvalue weighted by Gasteiger charge is -2.45. The number of ether oxygens (including phenoxy) is 3. The monoisotopic (exact) mass is 679 g/mol. The summed E-state index contributed by atoms with van der Waals surface area (Å²) >= 11 is 0. The van der Waals surface area contributed by atoms with E-state index in [4.69, 9.17) is 23.3 Å². The van der Waals surface area contributed by atoms with E-state index in [1.165, 1.54) is 0 Å². The highest BCUT2D eigenvalue weighted by Crippen LogP contribution is 2.62. The van der Waals surface area contributed by atoms with Gasteiger partial charge in [-0.25, -0.2) is 18.7 Å². The number of aliphatic hydroxyl groups is 4. The van der Waals surface area contributed by atoms with Gasteiger partial charge in [0.1, 0.15) is 42.7 Å². The van der Waals surface area contributed by atoms with Crippen LogP contribution in [0, 0.1) is 0 Å². The minimum absolute atomic E-state index is 0.696. The van der Waals surface area contributed by atoms with Crippen molar-refractivity contribution in [2.75, 3.05) is 13.2 Å². The van der Waals surface area contributed by atoms with E-state index in [-0.39, 0.29) is 0 Å². The van der Waals surface area contributed by atoms with Crippen LogP contribution in [-0.2, 0) is 46.3 Å². The number of aliphatic hydroxyl groups excluding tert-OH is 4. The van der Waals surface area contributed by atoms with Gasteiger partial charge in [-0.15, -0.1) is 0 Å². The van der Waals surface area contributed by atoms with Gasteiger partial charge in [0.25, 0.3) is 5.56 Å². The van der Waals surface area contributed by atoms with E-state index in [0.29, 0.717) is 4.57 Å². The van der Waals surface area contributed by atoms with Gasteiger partial charge < -0.3 is 54.8 Å². The number of aromatic nitrogens is 2. The fourth-order valence-electron chi connectivity index (χ4n) is 4.28. The predicted molar refractivity (Wildman–Crippen MR) is 136 cm³/mol. The molecule has 0 saturated carbocycles. The number of rotatable bonds is 13. The molecule has 9 N–H and O–H groups in total. The number of carbonyl (C=O) groups is 2. The summed E-state index contributed by atoms with van der Waals surface area (Å²) in [6.45, 7) is -0.149. The second-order valence-electron chi connectivity index (χ2n) is 9.50. The topological polar surface area (TPSA) is 332 Å². The zero-order valence-electron chi connectivity index (χ0n) is 22.7. The summed E-state index contributed by atoms with van der Waals surface area (Å²) in [5.41, 5.74) is -1.83. The Morgan fingerprint density at radius 3 is 2.32 bits per heavy atom. The largest absolute Gasteiger partial charge is 0.484 e. The number of hydrogen-bond acceptors (Lipinski definition) is 16. The number of H-pyrrole nitrogens is 1. The Balaban J connectivity index is 1.92. The van der Waals surface area contributed by atoms with E-state index < -0.39 is 113 Å². The van der Waals surface area contributed by atoms with Gasteiger partial charge in [0.2, 0.25) is 5.91 Å². The van der Waals surface area contributed by atoms with Gasteiger partial charge in [-0.2, -0.15) is 4.31 Å². The third kappa shape index (κ3) is 8.86. The van der Waals surface area contributed by atoms with Gasteiger partial charge >= 0.3 is 27.3 Å². The lowest BCUT2D eigenvalue weighted by Crippen LogP contribution is -2.66. The van der Waals surface area contributed by atoms with Gasteiger partial charge in [0.15, 0.2) is 18.6 Å². The first-order chi connectivity index (χ1) is 20.4. The zero-order valence-corrected chi connectivity index (χ0v) is 24.5. The van der Waals surface area contributed by atoms with Crippen LogP contribution in [0.4, 0.5) is 0 Å². The average molecular weight is 679 g/mol. The number of carboxylic acid groups (broad SMARTS) is 1. The number of carbonyl (C=O) groups excluding carboxylic acids is 1. The number of hydrogen-bond donors (Lipinski definition) is 9. The van der Waals surface area contributed by atoms with Crippen LogP contribution in [0.1, 0.15) is 20.1 Å². The van der Waals surface area contributed by atoms with Crippen LogP contribution in [0.5, 0.6) is 0 Å². The van der Waals surface area contributed by atoms with Crippen molar-refractivity contribution in [2.24, 2.45) is 0 Å². The second kappa shape index (κ2) is 14.4. The number of amides is 1. The first-order valence-electron chi connectivity index (χ1n) is 12.5. The molecule has 24 heteroatoms. The first-order valence-corrected chi connectivity index (χ1v) is 15.5. The molecule has 22 nitrogen and oxygen atoms in total. The molecule has 0 bridgehead atoms. The molecule has 0 radical (unpaired) electrons. The maximum Gasteiger partial charge on any atom is 0.484 e. The summed E-state index contributed by atoms with van der Waals surface area (Å²) in [5, 5.41) is 52.6. The summed E-state index contributed by atoms with van der Waals surface area (Å²) in [6.07, 6.45) is -15.4. The predicted octanol–water partition coefficient (Wildman–Crippen LogP) is -4.15. The molecular formula is C20H31N3O19P2. The van der Waals surface area contributed by atoms with Crippen molar-refractivity contribution in [2.45, 2.75) is 75.1 Å². The van der Waals surface area contributed by atoms with Crippen molar-refractivity contribution in [3.05, 3.63) is 33.1 Å². The Morgan fingerprint density at radius 1 is 1.11 bits per heavy atom. The fraction of sp³-hybridized carbons (Fsp3) is 0.700. The molecule has 250 valence electrons. The number of carboxylic acids is 1. The van der Waals surface area contributed by atoms with Crippen molar-refractivity contribution < 1.29 is 81.6 Å². The van der Waals surface area contributed by atoms with Gasteiger partial charge in [-0.05, 0) is 6.92 Å². The molecule has 11 atom stereocenters. The molecule has 3 heterocycles. The number of nitrogens with zero attached hydrogens (tertiary/aromatic N) is 1. The summed E-state index contributed by atoms with van der Waals surface area (Å²) in [5.74, 6) is -2.36. The molecular weight excluding hydrogens is 648 g/mol. The Bertz CT molecular complexity index is 1400. The third-order valence-corrected chi connectivity index (χ3v) is 8.86. The fourth-order valence-corrected chi connectivity index (χ4v) is 6.61. The first kappa shape index (κ1) is 36.1. The Morgan fingerprint density at radius 2 is 1.77 bits per heavy atom. The van der Waals surface area contributed by atoms with E-state index >= 15 is 0 Å². The molecule has 2 aliphatic rings.